The molecule has 14 heavy (non-hydrogen) atoms. The van der Waals surface area contributed by atoms with Crippen LogP contribution in [0.5, 0.6) is 0 Å². The van der Waals surface area contributed by atoms with Gasteiger partial charge in [-0.05, 0) is 17.4 Å². The van der Waals surface area contributed by atoms with Crippen molar-refractivity contribution in [2.75, 3.05) is 13.1 Å². The van der Waals surface area contributed by atoms with Crippen molar-refractivity contribution in [2.45, 2.75) is 40.7 Å². The lowest BCUT2D eigenvalue weighted by molar-refractivity contribution is -0.120. The first-order valence-electron chi connectivity index (χ1n) is 5.34. The van der Waals surface area contributed by atoms with E-state index >= 15 is 0 Å². The second-order valence-electron chi connectivity index (χ2n) is 5.22. The minimum absolute atomic E-state index is 0.107. The maximum atomic E-state index is 11.5. The number of hydrogen-bond donors (Lipinski definition) is 2. The molecule has 0 saturated heterocycles. The molecule has 82 valence electrons. The molecule has 0 aromatic heterocycles. The van der Waals surface area contributed by atoms with Gasteiger partial charge in [-0.2, -0.15) is 0 Å². The largest absolute Gasteiger partial charge is 0.351 e. The summed E-state index contributed by atoms with van der Waals surface area (Å²) in [4.78, 5) is 11.5. The molecule has 3 heteroatoms. The monoisotopic (exact) mass is 198 g/mol. The highest BCUT2D eigenvalue weighted by Crippen LogP contribution is 2.62. The van der Waals surface area contributed by atoms with Gasteiger partial charge in [-0.15, -0.1) is 0 Å². The molecule has 1 fully saturated rings. The van der Waals surface area contributed by atoms with Crippen LogP contribution in [0, 0.1) is 10.8 Å². The van der Waals surface area contributed by atoms with Crippen molar-refractivity contribution < 1.29 is 4.79 Å². The first kappa shape index (κ1) is 11.5. The second-order valence-corrected chi connectivity index (χ2v) is 5.22. The molecule has 0 radical (unpaired) electrons. The van der Waals surface area contributed by atoms with Crippen LogP contribution in [0.15, 0.2) is 0 Å². The van der Waals surface area contributed by atoms with Crippen LogP contribution in [0.4, 0.5) is 0 Å². The third-order valence-corrected chi connectivity index (χ3v) is 3.86. The van der Waals surface area contributed by atoms with Crippen LogP contribution in [-0.4, -0.2) is 25.0 Å². The molecule has 0 spiro atoms. The van der Waals surface area contributed by atoms with Crippen LogP contribution in [0.2, 0.25) is 0 Å². The molecule has 1 rings (SSSR count). The van der Waals surface area contributed by atoms with E-state index in [-0.39, 0.29) is 16.7 Å². The molecule has 0 aromatic rings. The maximum Gasteiger partial charge on any atom is 0.234 e. The Balaban J connectivity index is 2.37. The van der Waals surface area contributed by atoms with Gasteiger partial charge in [0.25, 0.3) is 0 Å². The van der Waals surface area contributed by atoms with E-state index in [1.165, 1.54) is 0 Å². The molecule has 0 heterocycles. The van der Waals surface area contributed by atoms with Crippen molar-refractivity contribution in [1.29, 1.82) is 0 Å². The zero-order valence-corrected chi connectivity index (χ0v) is 9.90. The van der Waals surface area contributed by atoms with Gasteiger partial charge >= 0.3 is 0 Å². The van der Waals surface area contributed by atoms with Crippen molar-refractivity contribution in [3.63, 3.8) is 0 Å². The molecule has 0 bridgehead atoms. The van der Waals surface area contributed by atoms with Gasteiger partial charge in [-0.3, -0.25) is 4.79 Å². The van der Waals surface area contributed by atoms with Crippen LogP contribution >= 0.6 is 0 Å². The summed E-state index contributed by atoms with van der Waals surface area (Å²) in [6.07, 6.45) is 0. The Labute approximate surface area is 86.6 Å². The first-order chi connectivity index (χ1) is 6.34. The number of nitrogens with one attached hydrogen (secondary N) is 2. The molecule has 0 aromatic carbocycles. The molecule has 0 atom stereocenters. The number of hydrogen-bond acceptors (Lipinski definition) is 2. The summed E-state index contributed by atoms with van der Waals surface area (Å²) < 4.78 is 0. The molecule has 1 aliphatic rings. The number of rotatable bonds is 4. The van der Waals surface area contributed by atoms with Crippen LogP contribution in [0.25, 0.3) is 0 Å². The lowest BCUT2D eigenvalue weighted by Gasteiger charge is -2.06. The number of amides is 1. The van der Waals surface area contributed by atoms with Gasteiger partial charge < -0.3 is 10.6 Å². The number of likely N-dealkylation sites (N-methyl/N-ethyl adjacent to an activating group) is 1. The summed E-state index contributed by atoms with van der Waals surface area (Å²) in [7, 11) is 0. The normalized spacial score (nSPS) is 23.2. The summed E-state index contributed by atoms with van der Waals surface area (Å²) in [6.45, 7) is 12.1. The van der Waals surface area contributed by atoms with Gasteiger partial charge in [0.15, 0.2) is 0 Å². The van der Waals surface area contributed by atoms with Crippen LogP contribution in [0.1, 0.15) is 34.6 Å². The standard InChI is InChI=1S/C11H22N2O/c1-6-12-7-8(14)13-9-10(2,3)11(9,4)5/h9,12H,6-7H2,1-5H3,(H,13,14). The van der Waals surface area contributed by atoms with E-state index in [9.17, 15) is 4.79 Å². The smallest absolute Gasteiger partial charge is 0.234 e. The molecule has 1 saturated carbocycles. The minimum atomic E-state index is 0.107. The van der Waals surface area contributed by atoms with E-state index in [0.29, 0.717) is 12.6 Å². The molecule has 1 amide bonds. The number of carbonyl (C=O) groups excluding carboxylic acids is 1. The summed E-state index contributed by atoms with van der Waals surface area (Å²) in [5.74, 6) is 0.107. The molecule has 0 aliphatic heterocycles. The van der Waals surface area contributed by atoms with Gasteiger partial charge in [-0.25, -0.2) is 0 Å². The van der Waals surface area contributed by atoms with Crippen LogP contribution < -0.4 is 10.6 Å². The lowest BCUT2D eigenvalue weighted by atomic mass is 10.0. The third kappa shape index (κ3) is 1.78. The Bertz CT molecular complexity index is 219. The summed E-state index contributed by atoms with van der Waals surface area (Å²) >= 11 is 0. The van der Waals surface area contributed by atoms with Crippen molar-refractivity contribution in [2.24, 2.45) is 10.8 Å². The molecule has 0 unspecified atom stereocenters. The fourth-order valence-corrected chi connectivity index (χ4v) is 2.01. The van der Waals surface area contributed by atoms with Crippen molar-refractivity contribution >= 4 is 5.91 Å². The fourth-order valence-electron chi connectivity index (χ4n) is 2.01. The molecular weight excluding hydrogens is 176 g/mol. The minimum Gasteiger partial charge on any atom is -0.351 e. The molecule has 1 aliphatic carbocycles. The average Bonchev–Trinajstić information content (AvgIpc) is 2.44. The Morgan fingerprint density at radius 3 is 2.07 bits per heavy atom. The Morgan fingerprint density at radius 1 is 1.21 bits per heavy atom. The quantitative estimate of drug-likeness (QED) is 0.711. The van der Waals surface area contributed by atoms with E-state index < -0.39 is 0 Å². The Hall–Kier alpha value is -0.570. The van der Waals surface area contributed by atoms with Gasteiger partial charge in [0.05, 0.1) is 6.54 Å². The molecule has 3 nitrogen and oxygen atoms in total. The summed E-state index contributed by atoms with van der Waals surface area (Å²) in [5.41, 5.74) is 0.462. The Kier molecular flexibility index (Phi) is 2.91. The van der Waals surface area contributed by atoms with E-state index in [1.807, 2.05) is 6.92 Å². The van der Waals surface area contributed by atoms with Crippen molar-refractivity contribution in [3.05, 3.63) is 0 Å². The van der Waals surface area contributed by atoms with Crippen LogP contribution in [0.3, 0.4) is 0 Å². The topological polar surface area (TPSA) is 41.1 Å². The van der Waals surface area contributed by atoms with Gasteiger partial charge in [0.2, 0.25) is 5.91 Å². The SMILES string of the molecule is CCNCC(=O)NC1C(C)(C)C1(C)C. The van der Waals surface area contributed by atoms with Crippen LogP contribution in [-0.2, 0) is 4.79 Å². The van der Waals surface area contributed by atoms with E-state index in [2.05, 4.69) is 38.3 Å². The highest BCUT2D eigenvalue weighted by atomic mass is 16.2. The van der Waals surface area contributed by atoms with Crippen molar-refractivity contribution in [3.8, 4) is 0 Å². The van der Waals surface area contributed by atoms with Gasteiger partial charge in [-0.1, -0.05) is 34.6 Å². The average molecular weight is 198 g/mol. The summed E-state index contributed by atoms with van der Waals surface area (Å²) in [5, 5.41) is 6.09. The highest BCUT2D eigenvalue weighted by Gasteiger charge is 2.65. The maximum absolute atomic E-state index is 11.5. The zero-order chi connectivity index (χ0) is 11.0. The highest BCUT2D eigenvalue weighted by molar-refractivity contribution is 5.79. The predicted octanol–water partition coefficient (Wildman–Crippen LogP) is 1.15. The first-order valence-corrected chi connectivity index (χ1v) is 5.34. The van der Waals surface area contributed by atoms with E-state index in [0.717, 1.165) is 6.54 Å². The zero-order valence-electron chi connectivity index (χ0n) is 9.90. The fraction of sp³-hybridized carbons (Fsp3) is 0.909. The van der Waals surface area contributed by atoms with Gasteiger partial charge in [0.1, 0.15) is 0 Å². The van der Waals surface area contributed by atoms with E-state index in [4.69, 9.17) is 0 Å². The Morgan fingerprint density at radius 2 is 1.71 bits per heavy atom. The van der Waals surface area contributed by atoms with E-state index in [1.54, 1.807) is 0 Å². The predicted molar refractivity (Wildman–Crippen MR) is 58.0 cm³/mol. The molecular formula is C11H22N2O. The summed E-state index contributed by atoms with van der Waals surface area (Å²) in [6, 6.07) is 0.321. The van der Waals surface area contributed by atoms with Gasteiger partial charge in [0, 0.05) is 6.04 Å². The number of carbonyl (C=O) groups is 1. The van der Waals surface area contributed by atoms with Crippen molar-refractivity contribution in [1.82, 2.24) is 10.6 Å². The second kappa shape index (κ2) is 3.54. The lowest BCUT2D eigenvalue weighted by Crippen LogP contribution is -2.37. The molecule has 2 N–H and O–H groups in total. The third-order valence-electron chi connectivity index (χ3n) is 3.86.